The highest BCUT2D eigenvalue weighted by Gasteiger charge is 2.19. The average molecular weight is 300 g/mol. The number of nitrogens with zero attached hydrogens (tertiary/aromatic N) is 1. The van der Waals surface area contributed by atoms with Crippen LogP contribution in [0.2, 0.25) is 0 Å². The van der Waals surface area contributed by atoms with Crippen LogP contribution < -0.4 is 5.73 Å². The Morgan fingerprint density at radius 3 is 2.50 bits per heavy atom. The number of nitrogen functional groups attached to an aromatic ring is 1. The second kappa shape index (κ2) is 6.23. The Hall–Kier alpha value is -1.60. The van der Waals surface area contributed by atoms with Crippen molar-refractivity contribution in [3.8, 4) is 0 Å². The molecule has 0 fully saturated rings. The van der Waals surface area contributed by atoms with Crippen molar-refractivity contribution in [3.05, 3.63) is 23.8 Å². The molecule has 0 heterocycles. The van der Waals surface area contributed by atoms with Crippen molar-refractivity contribution in [2.24, 2.45) is 0 Å². The normalized spacial score (nSPS) is 13.0. The molecule has 0 aromatic heterocycles. The monoisotopic (exact) mass is 300 g/mol. The summed E-state index contributed by atoms with van der Waals surface area (Å²) in [5.74, 6) is -0.299. The number of ether oxygens (including phenoxy) is 1. The van der Waals surface area contributed by atoms with Gasteiger partial charge in [0, 0.05) is 31.7 Å². The predicted octanol–water partition coefficient (Wildman–Crippen LogP) is 0.779. The molecule has 20 heavy (non-hydrogen) atoms. The summed E-state index contributed by atoms with van der Waals surface area (Å²) < 4.78 is 28.1. The lowest BCUT2D eigenvalue weighted by atomic mass is 10.1. The summed E-state index contributed by atoms with van der Waals surface area (Å²) >= 11 is 0. The first-order valence-corrected chi connectivity index (χ1v) is 7.92. The highest BCUT2D eigenvalue weighted by Crippen LogP contribution is 2.18. The Labute approximate surface area is 119 Å². The van der Waals surface area contributed by atoms with Crippen molar-refractivity contribution in [2.75, 3.05) is 32.8 Å². The number of hydrogen-bond donors (Lipinski definition) is 1. The second-order valence-electron chi connectivity index (χ2n) is 4.78. The quantitative estimate of drug-likeness (QED) is 0.812. The van der Waals surface area contributed by atoms with Gasteiger partial charge in [-0.2, -0.15) is 0 Å². The number of benzene rings is 1. The molecule has 6 nitrogen and oxygen atoms in total. The van der Waals surface area contributed by atoms with Crippen molar-refractivity contribution in [1.29, 1.82) is 0 Å². The molecule has 0 aliphatic carbocycles. The third-order valence-corrected chi connectivity index (χ3v) is 4.09. The maximum atomic E-state index is 12.3. The van der Waals surface area contributed by atoms with Gasteiger partial charge < -0.3 is 15.4 Å². The molecule has 1 aromatic carbocycles. The van der Waals surface area contributed by atoms with Gasteiger partial charge in [-0.1, -0.05) is 0 Å². The van der Waals surface area contributed by atoms with Crippen molar-refractivity contribution >= 4 is 21.4 Å². The van der Waals surface area contributed by atoms with Crippen LogP contribution in [0.5, 0.6) is 0 Å². The van der Waals surface area contributed by atoms with E-state index in [1.165, 1.54) is 23.1 Å². The molecule has 1 aromatic rings. The minimum atomic E-state index is -3.41. The molecule has 1 unspecified atom stereocenters. The summed E-state index contributed by atoms with van der Waals surface area (Å²) in [6, 6.07) is 4.01. The largest absolute Gasteiger partial charge is 0.399 e. The number of carbonyl (C=O) groups excluding carboxylic acids is 1. The van der Waals surface area contributed by atoms with Crippen LogP contribution in [-0.2, 0) is 14.6 Å². The van der Waals surface area contributed by atoms with E-state index >= 15 is 0 Å². The van der Waals surface area contributed by atoms with Crippen molar-refractivity contribution < 1.29 is 17.9 Å². The fourth-order valence-electron chi connectivity index (χ4n) is 1.72. The second-order valence-corrected chi connectivity index (χ2v) is 6.80. The number of sulfone groups is 1. The van der Waals surface area contributed by atoms with E-state index in [1.807, 2.05) is 6.92 Å². The zero-order valence-electron chi connectivity index (χ0n) is 12.1. The fraction of sp³-hybridized carbons (Fsp3) is 0.462. The van der Waals surface area contributed by atoms with Gasteiger partial charge >= 0.3 is 0 Å². The van der Waals surface area contributed by atoms with E-state index in [9.17, 15) is 13.2 Å². The Morgan fingerprint density at radius 2 is 2.00 bits per heavy atom. The van der Waals surface area contributed by atoms with E-state index in [2.05, 4.69) is 0 Å². The summed E-state index contributed by atoms with van der Waals surface area (Å²) in [6.45, 7) is 2.23. The van der Waals surface area contributed by atoms with Gasteiger partial charge in [0.05, 0.1) is 17.5 Å². The van der Waals surface area contributed by atoms with Gasteiger partial charge in [-0.15, -0.1) is 0 Å². The first kappa shape index (κ1) is 16.5. The van der Waals surface area contributed by atoms with E-state index in [0.29, 0.717) is 6.61 Å². The fourth-order valence-corrected chi connectivity index (χ4v) is 2.41. The lowest BCUT2D eigenvalue weighted by molar-refractivity contribution is 0.0633. The standard InChI is InChI=1S/C13H20N2O4S/c1-9(8-19-3)15(2)13(16)10-5-11(14)7-12(6-10)20(4,17)18/h5-7,9H,8,14H2,1-4H3. The molecule has 0 aliphatic rings. The molecule has 0 bridgehead atoms. The van der Waals surface area contributed by atoms with Gasteiger partial charge in [0.2, 0.25) is 0 Å². The minimum Gasteiger partial charge on any atom is -0.399 e. The van der Waals surface area contributed by atoms with Crippen LogP contribution in [0, 0.1) is 0 Å². The van der Waals surface area contributed by atoms with Crippen LogP contribution in [0.15, 0.2) is 23.1 Å². The number of anilines is 1. The highest BCUT2D eigenvalue weighted by molar-refractivity contribution is 7.90. The molecule has 1 rings (SSSR count). The van der Waals surface area contributed by atoms with Crippen LogP contribution in [0.3, 0.4) is 0 Å². The Morgan fingerprint density at radius 1 is 1.40 bits per heavy atom. The maximum absolute atomic E-state index is 12.3. The maximum Gasteiger partial charge on any atom is 0.254 e. The van der Waals surface area contributed by atoms with Gasteiger partial charge in [-0.3, -0.25) is 4.79 Å². The Bertz CT molecular complexity index is 598. The first-order chi connectivity index (χ1) is 9.16. The van der Waals surface area contributed by atoms with Crippen molar-refractivity contribution in [2.45, 2.75) is 17.9 Å². The van der Waals surface area contributed by atoms with Crippen LogP contribution in [-0.4, -0.2) is 52.3 Å². The minimum absolute atomic E-state index is 0.0358. The zero-order chi connectivity index (χ0) is 15.5. The van der Waals surface area contributed by atoms with Gasteiger partial charge in [0.1, 0.15) is 0 Å². The predicted molar refractivity (Wildman–Crippen MR) is 77.4 cm³/mol. The molecule has 1 amide bonds. The highest BCUT2D eigenvalue weighted by atomic mass is 32.2. The van der Waals surface area contributed by atoms with E-state index in [-0.39, 0.29) is 28.1 Å². The molecule has 0 saturated heterocycles. The summed E-state index contributed by atoms with van der Waals surface area (Å²) in [6.07, 6.45) is 1.08. The van der Waals surface area contributed by atoms with Crippen LogP contribution in [0.1, 0.15) is 17.3 Å². The lowest BCUT2D eigenvalue weighted by Gasteiger charge is -2.24. The topological polar surface area (TPSA) is 89.7 Å². The number of nitrogens with two attached hydrogens (primary N) is 1. The molecule has 0 radical (unpaired) electrons. The summed E-state index contributed by atoms with van der Waals surface area (Å²) in [7, 11) is -0.226. The zero-order valence-corrected chi connectivity index (χ0v) is 12.9. The molecule has 0 saturated carbocycles. The average Bonchev–Trinajstić information content (AvgIpc) is 2.35. The van der Waals surface area contributed by atoms with Crippen LogP contribution in [0.25, 0.3) is 0 Å². The number of methoxy groups -OCH3 is 1. The molecule has 0 spiro atoms. The summed E-state index contributed by atoms with van der Waals surface area (Å²) in [4.78, 5) is 13.8. The van der Waals surface area contributed by atoms with Gasteiger partial charge in [0.15, 0.2) is 9.84 Å². The van der Waals surface area contributed by atoms with Crippen LogP contribution >= 0.6 is 0 Å². The summed E-state index contributed by atoms with van der Waals surface area (Å²) in [5.41, 5.74) is 6.16. The molecular weight excluding hydrogens is 280 g/mol. The molecule has 112 valence electrons. The Balaban J connectivity index is 3.14. The first-order valence-electron chi connectivity index (χ1n) is 6.03. The van der Waals surface area contributed by atoms with E-state index in [0.717, 1.165) is 6.26 Å². The lowest BCUT2D eigenvalue weighted by Crippen LogP contribution is -2.37. The van der Waals surface area contributed by atoms with Crippen molar-refractivity contribution in [3.63, 3.8) is 0 Å². The van der Waals surface area contributed by atoms with E-state index < -0.39 is 9.84 Å². The third kappa shape index (κ3) is 3.94. The number of amides is 1. The van der Waals surface area contributed by atoms with Crippen LogP contribution in [0.4, 0.5) is 5.69 Å². The number of carbonyl (C=O) groups is 1. The SMILES string of the molecule is COCC(C)N(C)C(=O)c1cc(N)cc(S(C)(=O)=O)c1. The molecular formula is C13H20N2O4S. The molecule has 2 N–H and O–H groups in total. The third-order valence-electron chi connectivity index (χ3n) is 2.99. The van der Waals surface area contributed by atoms with Crippen molar-refractivity contribution in [1.82, 2.24) is 4.90 Å². The number of likely N-dealkylation sites (N-methyl/N-ethyl adjacent to an activating group) is 1. The van der Waals surface area contributed by atoms with E-state index in [1.54, 1.807) is 14.2 Å². The summed E-state index contributed by atoms with van der Waals surface area (Å²) in [5, 5.41) is 0. The van der Waals surface area contributed by atoms with E-state index in [4.69, 9.17) is 10.5 Å². The molecule has 0 aliphatic heterocycles. The van der Waals surface area contributed by atoms with Gasteiger partial charge in [-0.05, 0) is 25.1 Å². The molecule has 1 atom stereocenters. The smallest absolute Gasteiger partial charge is 0.254 e. The Kier molecular flexibility index (Phi) is 5.13. The van der Waals surface area contributed by atoms with Gasteiger partial charge in [0.25, 0.3) is 5.91 Å². The number of rotatable bonds is 5. The van der Waals surface area contributed by atoms with Gasteiger partial charge in [-0.25, -0.2) is 8.42 Å². The molecule has 7 heteroatoms. The number of hydrogen-bond acceptors (Lipinski definition) is 5.